The van der Waals surface area contributed by atoms with Crippen molar-refractivity contribution < 1.29 is 13.4 Å². The van der Waals surface area contributed by atoms with Crippen LogP contribution in [0.1, 0.15) is 16.7 Å². The monoisotopic (exact) mass is 442 g/mol. The molecule has 0 atom stereocenters. The number of halogens is 1. The zero-order chi connectivity index (χ0) is 22.9. The highest BCUT2D eigenvalue weighted by atomic mass is 28.3. The van der Waals surface area contributed by atoms with E-state index in [1.54, 1.807) is 6.92 Å². The number of benzene rings is 3. The van der Waals surface area contributed by atoms with Crippen LogP contribution in [0.5, 0.6) is 0 Å². The van der Waals surface area contributed by atoms with Crippen molar-refractivity contribution >= 4 is 46.1 Å². The van der Waals surface area contributed by atoms with E-state index in [1.807, 2.05) is 6.07 Å². The average molecular weight is 443 g/mol. The van der Waals surface area contributed by atoms with E-state index in [-0.39, 0.29) is 5.82 Å². The Morgan fingerprint density at radius 2 is 1.50 bits per heavy atom. The zero-order valence-corrected chi connectivity index (χ0v) is 20.9. The molecule has 162 valence electrons. The SMILES string of the molecule is Cc1ccc2c(c1)c([Si](C)(C)C)cc(-c1c(C)ccc3c1oc1c(C)c(F)ccc13)[n+]2C. The molecule has 2 heterocycles. The third kappa shape index (κ3) is 3.00. The largest absolute Gasteiger partial charge is 0.455 e. The van der Waals surface area contributed by atoms with Crippen molar-refractivity contribution in [1.82, 2.24) is 0 Å². The summed E-state index contributed by atoms with van der Waals surface area (Å²) in [6.45, 7) is 13.3. The topological polar surface area (TPSA) is 17.0 Å². The maximum absolute atomic E-state index is 14.3. The van der Waals surface area contributed by atoms with Gasteiger partial charge in [-0.25, -0.2) is 4.39 Å². The molecule has 0 radical (unpaired) electrons. The van der Waals surface area contributed by atoms with Crippen LogP contribution in [0, 0.1) is 26.6 Å². The molecule has 0 N–H and O–H groups in total. The van der Waals surface area contributed by atoms with E-state index >= 15 is 0 Å². The first-order valence-electron chi connectivity index (χ1n) is 11.1. The van der Waals surface area contributed by atoms with E-state index in [2.05, 4.69) is 81.5 Å². The van der Waals surface area contributed by atoms with E-state index in [0.717, 1.165) is 33.2 Å². The molecule has 3 aromatic carbocycles. The van der Waals surface area contributed by atoms with Crippen molar-refractivity contribution in [3.05, 3.63) is 71.0 Å². The van der Waals surface area contributed by atoms with Crippen LogP contribution in [0.25, 0.3) is 44.1 Å². The summed E-state index contributed by atoms with van der Waals surface area (Å²) in [6.07, 6.45) is 0. The van der Waals surface area contributed by atoms with Crippen LogP contribution in [-0.4, -0.2) is 8.07 Å². The fraction of sp³-hybridized carbons (Fsp3) is 0.250. The number of hydrogen-bond donors (Lipinski definition) is 0. The Hall–Kier alpha value is -2.98. The molecule has 0 saturated heterocycles. The Morgan fingerprint density at radius 1 is 0.812 bits per heavy atom. The van der Waals surface area contributed by atoms with Crippen LogP contribution < -0.4 is 9.75 Å². The van der Waals surface area contributed by atoms with Gasteiger partial charge in [0.15, 0.2) is 0 Å². The van der Waals surface area contributed by atoms with Gasteiger partial charge in [-0.05, 0) is 49.7 Å². The molecular formula is C28H29FNOSi+. The van der Waals surface area contributed by atoms with E-state index in [4.69, 9.17) is 4.42 Å². The number of nitrogens with zero attached hydrogens (tertiary/aromatic N) is 1. The van der Waals surface area contributed by atoms with Crippen LogP contribution >= 0.6 is 0 Å². The van der Waals surface area contributed by atoms with Gasteiger partial charge in [0.05, 0.1) is 13.6 Å². The Morgan fingerprint density at radius 3 is 2.22 bits per heavy atom. The second kappa shape index (κ2) is 7.01. The average Bonchev–Trinajstić information content (AvgIpc) is 3.10. The lowest BCUT2D eigenvalue weighted by Crippen LogP contribution is -2.43. The Balaban J connectivity index is 1.95. The lowest BCUT2D eigenvalue weighted by atomic mass is 9.99. The van der Waals surface area contributed by atoms with Crippen molar-refractivity contribution in [3.8, 4) is 11.3 Å². The molecule has 5 rings (SSSR count). The second-order valence-corrected chi connectivity index (χ2v) is 15.1. The molecule has 0 saturated carbocycles. The highest BCUT2D eigenvalue weighted by molar-refractivity contribution is 6.90. The summed E-state index contributed by atoms with van der Waals surface area (Å²) >= 11 is 0. The number of aryl methyl sites for hydroxylation is 4. The highest BCUT2D eigenvalue weighted by Crippen LogP contribution is 2.38. The Bertz CT molecular complexity index is 1560. The number of aromatic nitrogens is 1. The lowest BCUT2D eigenvalue weighted by Gasteiger charge is -2.20. The second-order valence-electron chi connectivity index (χ2n) is 10.1. The van der Waals surface area contributed by atoms with Gasteiger partial charge in [0.1, 0.15) is 24.0 Å². The number of fused-ring (bicyclic) bond motifs is 4. The van der Waals surface area contributed by atoms with E-state index in [1.165, 1.54) is 27.7 Å². The Labute approximate surface area is 189 Å². The van der Waals surface area contributed by atoms with Crippen molar-refractivity contribution in [3.63, 3.8) is 0 Å². The normalized spacial score (nSPS) is 12.4. The summed E-state index contributed by atoms with van der Waals surface area (Å²) in [7, 11) is 0.497. The van der Waals surface area contributed by atoms with Gasteiger partial charge < -0.3 is 4.42 Å². The van der Waals surface area contributed by atoms with Gasteiger partial charge in [-0.2, -0.15) is 4.57 Å². The fourth-order valence-electron chi connectivity index (χ4n) is 4.89. The van der Waals surface area contributed by atoms with Crippen LogP contribution in [0.2, 0.25) is 19.6 Å². The smallest absolute Gasteiger partial charge is 0.216 e. The summed E-state index contributed by atoms with van der Waals surface area (Å²) < 4.78 is 23.0. The van der Waals surface area contributed by atoms with Gasteiger partial charge >= 0.3 is 0 Å². The van der Waals surface area contributed by atoms with Crippen LogP contribution in [0.4, 0.5) is 4.39 Å². The van der Waals surface area contributed by atoms with Crippen LogP contribution in [0.3, 0.4) is 0 Å². The molecule has 2 aromatic heterocycles. The summed E-state index contributed by atoms with van der Waals surface area (Å²) in [5, 5.41) is 4.77. The summed E-state index contributed by atoms with van der Waals surface area (Å²) in [6, 6.07) is 16.7. The Kier molecular flexibility index (Phi) is 4.58. The highest BCUT2D eigenvalue weighted by Gasteiger charge is 2.29. The molecule has 0 aliphatic carbocycles. The minimum atomic E-state index is -1.63. The van der Waals surface area contributed by atoms with Gasteiger partial charge in [0.2, 0.25) is 11.2 Å². The summed E-state index contributed by atoms with van der Waals surface area (Å²) in [5.74, 6) is -0.234. The molecule has 5 aromatic rings. The molecule has 0 unspecified atom stereocenters. The summed E-state index contributed by atoms with van der Waals surface area (Å²) in [4.78, 5) is 0. The molecule has 0 amide bonds. The number of furan rings is 1. The van der Waals surface area contributed by atoms with E-state index in [9.17, 15) is 4.39 Å². The van der Waals surface area contributed by atoms with Gasteiger partial charge in [-0.1, -0.05) is 43.4 Å². The molecule has 0 spiro atoms. The minimum absolute atomic E-state index is 0.234. The third-order valence-electron chi connectivity index (χ3n) is 6.71. The molecular weight excluding hydrogens is 413 g/mol. The molecule has 0 fully saturated rings. The molecule has 0 bridgehead atoms. The van der Waals surface area contributed by atoms with Crippen molar-refractivity contribution in [1.29, 1.82) is 0 Å². The molecule has 2 nitrogen and oxygen atoms in total. The van der Waals surface area contributed by atoms with Gasteiger partial charge in [-0.15, -0.1) is 0 Å². The van der Waals surface area contributed by atoms with Crippen molar-refractivity contribution in [2.75, 3.05) is 0 Å². The van der Waals surface area contributed by atoms with E-state index in [0.29, 0.717) is 11.1 Å². The van der Waals surface area contributed by atoms with Gasteiger partial charge in [0.25, 0.3) is 0 Å². The number of rotatable bonds is 2. The third-order valence-corrected chi connectivity index (χ3v) is 8.74. The molecule has 4 heteroatoms. The maximum atomic E-state index is 14.3. The van der Waals surface area contributed by atoms with Crippen molar-refractivity contribution in [2.24, 2.45) is 7.05 Å². The predicted octanol–water partition coefficient (Wildman–Crippen LogP) is 6.84. The maximum Gasteiger partial charge on any atom is 0.216 e. The van der Waals surface area contributed by atoms with Gasteiger partial charge in [-0.3, -0.25) is 0 Å². The van der Waals surface area contributed by atoms with Gasteiger partial charge in [0, 0.05) is 33.9 Å². The number of pyridine rings is 1. The summed E-state index contributed by atoms with van der Waals surface area (Å²) in [5.41, 5.74) is 7.90. The molecule has 0 aliphatic rings. The zero-order valence-electron chi connectivity index (χ0n) is 19.9. The first-order chi connectivity index (χ1) is 15.1. The first kappa shape index (κ1) is 20.9. The quantitative estimate of drug-likeness (QED) is 0.216. The first-order valence-corrected chi connectivity index (χ1v) is 14.6. The lowest BCUT2D eigenvalue weighted by molar-refractivity contribution is -0.633. The standard InChI is InChI=1S/C28H29FNOSi/c1-16-8-13-23-21(14-16)25(32(5,6)7)15-24(30(23)4)26-17(2)9-10-20-19-11-12-22(29)18(3)27(19)31-28(20)26/h8-15H,1-7H3/q+1. The van der Waals surface area contributed by atoms with Crippen molar-refractivity contribution in [2.45, 2.75) is 40.4 Å². The molecule has 0 aliphatic heterocycles. The van der Waals surface area contributed by atoms with E-state index < -0.39 is 8.07 Å². The predicted molar refractivity (Wildman–Crippen MR) is 135 cm³/mol. The molecule has 32 heavy (non-hydrogen) atoms. The minimum Gasteiger partial charge on any atom is -0.455 e. The van der Waals surface area contributed by atoms with Crippen LogP contribution in [-0.2, 0) is 7.05 Å². The number of hydrogen-bond acceptors (Lipinski definition) is 1. The van der Waals surface area contributed by atoms with Crippen LogP contribution in [0.15, 0.2) is 52.9 Å². The fourth-order valence-corrected chi connectivity index (χ4v) is 6.47.